The normalized spacial score (nSPS) is 28.0. The van der Waals surface area contributed by atoms with Crippen molar-refractivity contribution in [2.75, 3.05) is 6.54 Å². The minimum atomic E-state index is -0.696. The van der Waals surface area contributed by atoms with Gasteiger partial charge in [-0.2, -0.15) is 5.26 Å². The highest BCUT2D eigenvalue weighted by molar-refractivity contribution is 5.88. The van der Waals surface area contributed by atoms with Crippen LogP contribution in [0.4, 0.5) is 0 Å². The molecule has 1 aliphatic heterocycles. The molecule has 2 aromatic rings. The van der Waals surface area contributed by atoms with Gasteiger partial charge in [0.25, 0.3) is 0 Å². The maximum absolute atomic E-state index is 12.7. The van der Waals surface area contributed by atoms with E-state index in [1.807, 2.05) is 24.3 Å². The van der Waals surface area contributed by atoms with Crippen LogP contribution < -0.4 is 10.6 Å². The molecule has 1 aromatic heterocycles. The topological polar surface area (TPSA) is 77.8 Å². The summed E-state index contributed by atoms with van der Waals surface area (Å²) in [5, 5.41) is 17.7. The third kappa shape index (κ3) is 2.18. The van der Waals surface area contributed by atoms with Crippen LogP contribution in [0.5, 0.6) is 0 Å². The number of carbonyl (C=O) groups is 1. The Labute approximate surface area is 141 Å². The van der Waals surface area contributed by atoms with Gasteiger partial charge in [-0.1, -0.05) is 38.1 Å². The second kappa shape index (κ2) is 5.29. The number of aromatic nitrogens is 1. The van der Waals surface area contributed by atoms with Crippen LogP contribution in [-0.4, -0.2) is 23.5 Å². The minimum Gasteiger partial charge on any atom is -0.335 e. The van der Waals surface area contributed by atoms with Crippen LogP contribution in [-0.2, 0) is 4.79 Å². The van der Waals surface area contributed by atoms with Crippen molar-refractivity contribution in [1.82, 2.24) is 15.6 Å². The highest BCUT2D eigenvalue weighted by atomic mass is 16.2. The van der Waals surface area contributed by atoms with Crippen molar-refractivity contribution in [3.63, 3.8) is 0 Å². The smallest absolute Gasteiger partial charge is 0.238 e. The molecule has 0 spiro atoms. The first-order chi connectivity index (χ1) is 11.5. The van der Waals surface area contributed by atoms with E-state index in [9.17, 15) is 10.1 Å². The first-order valence-electron chi connectivity index (χ1n) is 8.30. The van der Waals surface area contributed by atoms with E-state index in [1.54, 1.807) is 12.4 Å². The molecule has 1 saturated heterocycles. The molecule has 2 heterocycles. The molecule has 4 rings (SSSR count). The van der Waals surface area contributed by atoms with Crippen molar-refractivity contribution in [3.05, 3.63) is 42.2 Å². The van der Waals surface area contributed by atoms with Gasteiger partial charge in [-0.25, -0.2) is 0 Å². The van der Waals surface area contributed by atoms with Gasteiger partial charge < -0.3 is 10.6 Å². The quantitative estimate of drug-likeness (QED) is 0.908. The summed E-state index contributed by atoms with van der Waals surface area (Å²) < 4.78 is 0. The van der Waals surface area contributed by atoms with E-state index in [2.05, 4.69) is 35.5 Å². The molecule has 24 heavy (non-hydrogen) atoms. The summed E-state index contributed by atoms with van der Waals surface area (Å²) >= 11 is 0. The van der Waals surface area contributed by atoms with Gasteiger partial charge in [-0.15, -0.1) is 0 Å². The molecule has 1 amide bonds. The average molecular weight is 320 g/mol. The Bertz CT molecular complexity index is 849. The predicted octanol–water partition coefficient (Wildman–Crippen LogP) is 2.16. The van der Waals surface area contributed by atoms with Crippen LogP contribution in [0.15, 0.2) is 36.7 Å². The second-order valence-electron chi connectivity index (χ2n) is 7.36. The lowest BCUT2D eigenvalue weighted by Gasteiger charge is -2.21. The highest BCUT2D eigenvalue weighted by Gasteiger charge is 2.65. The van der Waals surface area contributed by atoms with Gasteiger partial charge in [-0.3, -0.25) is 9.78 Å². The van der Waals surface area contributed by atoms with Crippen LogP contribution in [0.25, 0.3) is 10.8 Å². The monoisotopic (exact) mass is 320 g/mol. The SMILES string of the molecule is CC1(C)[C@@H]2[C@@H](C(=O)NC(C#N)c3cncc4ccccc34)NC[C@@H]21. The molecule has 2 aliphatic rings. The second-order valence-corrected chi connectivity index (χ2v) is 7.36. The molecule has 5 nitrogen and oxygen atoms in total. The zero-order chi connectivity index (χ0) is 16.9. The Hall–Kier alpha value is -2.45. The van der Waals surface area contributed by atoms with Gasteiger partial charge in [0.2, 0.25) is 5.91 Å². The fourth-order valence-corrected chi connectivity index (χ4v) is 4.26. The number of carbonyl (C=O) groups excluding carboxylic acids is 1. The summed E-state index contributed by atoms with van der Waals surface area (Å²) in [4.78, 5) is 16.9. The van der Waals surface area contributed by atoms with Crippen LogP contribution in [0, 0.1) is 28.6 Å². The Morgan fingerprint density at radius 2 is 2.21 bits per heavy atom. The van der Waals surface area contributed by atoms with Crippen molar-refractivity contribution >= 4 is 16.7 Å². The Morgan fingerprint density at radius 3 is 2.92 bits per heavy atom. The third-order valence-corrected chi connectivity index (χ3v) is 5.76. The molecule has 2 fully saturated rings. The molecule has 1 aromatic carbocycles. The van der Waals surface area contributed by atoms with E-state index in [0.717, 1.165) is 22.9 Å². The van der Waals surface area contributed by atoms with E-state index in [0.29, 0.717) is 11.8 Å². The number of hydrogen-bond donors (Lipinski definition) is 2. The number of hydrogen-bond acceptors (Lipinski definition) is 4. The van der Waals surface area contributed by atoms with Crippen molar-refractivity contribution in [2.45, 2.75) is 25.9 Å². The maximum Gasteiger partial charge on any atom is 0.238 e. The zero-order valence-electron chi connectivity index (χ0n) is 13.8. The van der Waals surface area contributed by atoms with Crippen LogP contribution in [0.2, 0.25) is 0 Å². The third-order valence-electron chi connectivity index (χ3n) is 5.76. The first kappa shape index (κ1) is 15.1. The van der Waals surface area contributed by atoms with E-state index in [4.69, 9.17) is 0 Å². The fourth-order valence-electron chi connectivity index (χ4n) is 4.26. The Kier molecular flexibility index (Phi) is 3.33. The van der Waals surface area contributed by atoms with Gasteiger partial charge in [0.05, 0.1) is 12.1 Å². The molecule has 0 bridgehead atoms. The fraction of sp³-hybridized carbons (Fsp3) is 0.421. The van der Waals surface area contributed by atoms with Crippen molar-refractivity contribution in [3.8, 4) is 6.07 Å². The maximum atomic E-state index is 12.7. The molecule has 1 aliphatic carbocycles. The summed E-state index contributed by atoms with van der Waals surface area (Å²) in [6.45, 7) is 5.29. The van der Waals surface area contributed by atoms with Crippen molar-refractivity contribution in [1.29, 1.82) is 5.26 Å². The van der Waals surface area contributed by atoms with Gasteiger partial charge in [0.15, 0.2) is 0 Å². The number of amides is 1. The molecular formula is C19H20N4O. The van der Waals surface area contributed by atoms with E-state index >= 15 is 0 Å². The standard InChI is InChI=1S/C19H20N4O/c1-19(2)14-10-22-17(16(14)19)18(24)23-15(7-20)13-9-21-8-11-5-3-4-6-12(11)13/h3-6,8-9,14-17,22H,10H2,1-2H3,(H,23,24)/t14-,15?,16-,17-/m0/s1. The average Bonchev–Trinajstić information content (AvgIpc) is 2.96. The van der Waals surface area contributed by atoms with E-state index < -0.39 is 6.04 Å². The van der Waals surface area contributed by atoms with Crippen LogP contribution >= 0.6 is 0 Å². The van der Waals surface area contributed by atoms with E-state index in [-0.39, 0.29) is 17.4 Å². The van der Waals surface area contributed by atoms with Crippen LogP contribution in [0.3, 0.4) is 0 Å². The molecule has 4 atom stereocenters. The van der Waals surface area contributed by atoms with Crippen LogP contribution in [0.1, 0.15) is 25.5 Å². The highest BCUT2D eigenvalue weighted by Crippen LogP contribution is 2.62. The minimum absolute atomic E-state index is 0.0902. The first-order valence-corrected chi connectivity index (χ1v) is 8.30. The Balaban J connectivity index is 1.58. The molecule has 122 valence electrons. The molecule has 2 N–H and O–H groups in total. The summed E-state index contributed by atoms with van der Waals surface area (Å²) in [6.07, 6.45) is 3.44. The molecule has 1 unspecified atom stereocenters. The number of pyridine rings is 1. The molecular weight excluding hydrogens is 300 g/mol. The van der Waals surface area contributed by atoms with E-state index in [1.165, 1.54) is 0 Å². The number of nitrogens with zero attached hydrogens (tertiary/aromatic N) is 2. The molecule has 1 saturated carbocycles. The Morgan fingerprint density at radius 1 is 1.42 bits per heavy atom. The number of benzene rings is 1. The van der Waals surface area contributed by atoms with Gasteiger partial charge in [-0.05, 0) is 29.2 Å². The predicted molar refractivity (Wildman–Crippen MR) is 90.8 cm³/mol. The summed E-state index contributed by atoms with van der Waals surface area (Å²) in [5.41, 5.74) is 0.963. The summed E-state index contributed by atoms with van der Waals surface area (Å²) in [5.74, 6) is 0.836. The largest absolute Gasteiger partial charge is 0.335 e. The number of piperidine rings is 1. The van der Waals surface area contributed by atoms with Gasteiger partial charge >= 0.3 is 0 Å². The summed E-state index contributed by atoms with van der Waals surface area (Å²) in [6, 6.07) is 9.09. The van der Waals surface area contributed by atoms with Gasteiger partial charge in [0.1, 0.15) is 6.04 Å². The number of nitriles is 1. The van der Waals surface area contributed by atoms with Gasteiger partial charge in [0, 0.05) is 23.3 Å². The lowest BCUT2D eigenvalue weighted by Crippen LogP contribution is -2.45. The number of fused-ring (bicyclic) bond motifs is 2. The number of rotatable bonds is 3. The molecule has 5 heteroatoms. The lowest BCUT2D eigenvalue weighted by atomic mass is 10.00. The zero-order valence-corrected chi connectivity index (χ0v) is 13.8. The lowest BCUT2D eigenvalue weighted by molar-refractivity contribution is -0.124. The molecule has 0 radical (unpaired) electrons. The summed E-state index contributed by atoms with van der Waals surface area (Å²) in [7, 11) is 0. The number of nitrogens with one attached hydrogen (secondary N) is 2. The van der Waals surface area contributed by atoms with Crippen molar-refractivity contribution in [2.24, 2.45) is 17.3 Å². The van der Waals surface area contributed by atoms with Crippen molar-refractivity contribution < 1.29 is 4.79 Å².